The van der Waals surface area contributed by atoms with Crippen LogP contribution >= 0.6 is 23.2 Å². The van der Waals surface area contributed by atoms with Gasteiger partial charge in [-0.3, -0.25) is 10.1 Å². The molecule has 1 aromatic rings. The van der Waals surface area contributed by atoms with Gasteiger partial charge in [-0.2, -0.15) is 0 Å². The van der Waals surface area contributed by atoms with E-state index in [0.29, 0.717) is 0 Å². The van der Waals surface area contributed by atoms with Gasteiger partial charge in [0.25, 0.3) is 5.69 Å². The number of alkyl carbamates (subject to hydrolysis) is 1. The maximum absolute atomic E-state index is 11.5. The van der Waals surface area contributed by atoms with Gasteiger partial charge in [0.05, 0.1) is 26.6 Å². The quantitative estimate of drug-likeness (QED) is 0.502. The molecular weight excluding hydrogens is 375 g/mol. The second-order valence-electron chi connectivity index (χ2n) is 6.31. The fourth-order valence-corrected chi connectivity index (χ4v) is 2.28. The number of carbonyl (C=O) groups is 1. The summed E-state index contributed by atoms with van der Waals surface area (Å²) < 4.78 is 5.03. The number of nitro groups is 1. The van der Waals surface area contributed by atoms with Crippen molar-refractivity contribution in [3.63, 3.8) is 0 Å². The number of hydrogen-bond acceptors (Lipinski definition) is 6. The predicted octanol–water partition coefficient (Wildman–Crippen LogP) is 3.21. The van der Waals surface area contributed by atoms with Crippen molar-refractivity contribution in [3.8, 4) is 0 Å². The Kier molecular flexibility index (Phi) is 7.43. The standard InChI is InChI=1S/C15H20Cl2N2O6/c1-15(2,3)25-14(22)18-5-4-12(20)13(21)8-6-9(16)10(17)7-11(8)19(23)24/h6-7,12-13,20-21H,4-5H2,1-3H3,(H,18,22). The SMILES string of the molecule is CC(C)(C)OC(=O)NCCC(O)C(O)c1cc(Cl)c(Cl)cc1[N+](=O)[O-]. The molecular formula is C15H20Cl2N2O6. The molecule has 0 saturated carbocycles. The molecule has 1 aromatic carbocycles. The molecule has 0 aliphatic carbocycles. The number of rotatable bonds is 6. The lowest BCUT2D eigenvalue weighted by molar-refractivity contribution is -0.386. The van der Waals surface area contributed by atoms with Crippen molar-refractivity contribution in [2.24, 2.45) is 0 Å². The zero-order chi connectivity index (χ0) is 19.4. The number of benzene rings is 1. The molecule has 2 unspecified atom stereocenters. The molecule has 3 N–H and O–H groups in total. The summed E-state index contributed by atoms with van der Waals surface area (Å²) in [6, 6.07) is 2.14. The Balaban J connectivity index is 2.74. The molecule has 0 heterocycles. The first-order chi connectivity index (χ1) is 11.4. The number of nitrogens with one attached hydrogen (secondary N) is 1. The Bertz CT molecular complexity index is 648. The smallest absolute Gasteiger partial charge is 0.407 e. The lowest BCUT2D eigenvalue weighted by atomic mass is 10.0. The number of carbonyl (C=O) groups excluding carboxylic acids is 1. The molecule has 0 radical (unpaired) electrons. The van der Waals surface area contributed by atoms with Crippen molar-refractivity contribution >= 4 is 35.0 Å². The minimum Gasteiger partial charge on any atom is -0.444 e. The van der Waals surface area contributed by atoms with Gasteiger partial charge in [0.15, 0.2) is 0 Å². The molecule has 10 heteroatoms. The van der Waals surface area contributed by atoms with E-state index in [1.54, 1.807) is 20.8 Å². The molecule has 1 amide bonds. The van der Waals surface area contributed by atoms with E-state index in [0.717, 1.165) is 12.1 Å². The fraction of sp³-hybridized carbons (Fsp3) is 0.533. The predicted molar refractivity (Wildman–Crippen MR) is 92.9 cm³/mol. The second kappa shape index (κ2) is 8.66. The summed E-state index contributed by atoms with van der Waals surface area (Å²) >= 11 is 11.6. The van der Waals surface area contributed by atoms with E-state index in [1.807, 2.05) is 0 Å². The molecule has 0 fully saturated rings. The summed E-state index contributed by atoms with van der Waals surface area (Å²) in [6.45, 7) is 5.11. The lowest BCUT2D eigenvalue weighted by Gasteiger charge is -2.21. The Morgan fingerprint density at radius 3 is 2.40 bits per heavy atom. The van der Waals surface area contributed by atoms with Crippen molar-refractivity contribution < 1.29 is 24.7 Å². The maximum Gasteiger partial charge on any atom is 0.407 e. The van der Waals surface area contributed by atoms with Gasteiger partial charge in [0, 0.05) is 12.6 Å². The third-order valence-corrected chi connectivity index (χ3v) is 3.78. The van der Waals surface area contributed by atoms with Gasteiger partial charge in [-0.05, 0) is 33.3 Å². The highest BCUT2D eigenvalue weighted by Crippen LogP contribution is 2.35. The van der Waals surface area contributed by atoms with Crippen molar-refractivity contribution in [2.45, 2.75) is 45.0 Å². The van der Waals surface area contributed by atoms with Crippen LogP contribution in [0.5, 0.6) is 0 Å². The largest absolute Gasteiger partial charge is 0.444 e. The normalized spacial score (nSPS) is 13.9. The van der Waals surface area contributed by atoms with E-state index in [1.165, 1.54) is 0 Å². The van der Waals surface area contributed by atoms with Crippen LogP contribution in [0.4, 0.5) is 10.5 Å². The van der Waals surface area contributed by atoms with Gasteiger partial charge in [0.2, 0.25) is 0 Å². The van der Waals surface area contributed by atoms with Crippen LogP contribution < -0.4 is 5.32 Å². The lowest BCUT2D eigenvalue weighted by Crippen LogP contribution is -2.34. The average Bonchev–Trinajstić information content (AvgIpc) is 2.46. The molecule has 0 aliphatic heterocycles. The first kappa shape index (κ1) is 21.4. The van der Waals surface area contributed by atoms with E-state index < -0.39 is 34.5 Å². The zero-order valence-corrected chi connectivity index (χ0v) is 15.5. The summed E-state index contributed by atoms with van der Waals surface area (Å²) in [7, 11) is 0. The van der Waals surface area contributed by atoms with Gasteiger partial charge in [0.1, 0.15) is 11.7 Å². The number of hydrogen-bond donors (Lipinski definition) is 3. The fourth-order valence-electron chi connectivity index (χ4n) is 1.95. The van der Waals surface area contributed by atoms with Gasteiger partial charge in [-0.1, -0.05) is 23.2 Å². The number of nitrogens with zero attached hydrogens (tertiary/aromatic N) is 1. The molecule has 2 atom stereocenters. The van der Waals surface area contributed by atoms with E-state index >= 15 is 0 Å². The van der Waals surface area contributed by atoms with Crippen LogP contribution in [-0.2, 0) is 4.74 Å². The number of amides is 1. The van der Waals surface area contributed by atoms with Crippen LogP contribution in [0.1, 0.15) is 38.9 Å². The summed E-state index contributed by atoms with van der Waals surface area (Å²) in [5.74, 6) is 0. The molecule has 0 aromatic heterocycles. The summed E-state index contributed by atoms with van der Waals surface area (Å²) in [6.07, 6.45) is -3.67. The Labute approximate surface area is 154 Å². The molecule has 0 spiro atoms. The summed E-state index contributed by atoms with van der Waals surface area (Å²) in [4.78, 5) is 21.9. The Hall–Kier alpha value is -1.61. The van der Waals surface area contributed by atoms with Gasteiger partial charge < -0.3 is 20.3 Å². The van der Waals surface area contributed by atoms with E-state index in [-0.39, 0.29) is 28.6 Å². The second-order valence-corrected chi connectivity index (χ2v) is 7.13. The number of aliphatic hydroxyl groups excluding tert-OH is 2. The number of aliphatic hydroxyl groups is 2. The third-order valence-electron chi connectivity index (χ3n) is 3.06. The zero-order valence-electron chi connectivity index (χ0n) is 14.0. The van der Waals surface area contributed by atoms with Crippen LogP contribution in [0.25, 0.3) is 0 Å². The number of halogens is 2. The van der Waals surface area contributed by atoms with Crippen molar-refractivity contribution in [1.82, 2.24) is 5.32 Å². The topological polar surface area (TPSA) is 122 Å². The minimum absolute atomic E-state index is 0.00224. The van der Waals surface area contributed by atoms with Crippen molar-refractivity contribution in [1.29, 1.82) is 0 Å². The summed E-state index contributed by atoms with van der Waals surface area (Å²) in [5.41, 5.74) is -1.28. The third kappa shape index (κ3) is 6.66. The first-order valence-electron chi connectivity index (χ1n) is 7.38. The van der Waals surface area contributed by atoms with Crippen LogP contribution in [-0.4, -0.2) is 39.5 Å². The van der Waals surface area contributed by atoms with E-state index in [4.69, 9.17) is 27.9 Å². The van der Waals surface area contributed by atoms with E-state index in [9.17, 15) is 25.1 Å². The average molecular weight is 395 g/mol. The van der Waals surface area contributed by atoms with Crippen LogP contribution in [0.3, 0.4) is 0 Å². The van der Waals surface area contributed by atoms with Crippen molar-refractivity contribution in [2.75, 3.05) is 6.54 Å². The van der Waals surface area contributed by atoms with Gasteiger partial charge >= 0.3 is 6.09 Å². The Morgan fingerprint density at radius 2 is 1.88 bits per heavy atom. The van der Waals surface area contributed by atoms with E-state index in [2.05, 4.69) is 5.32 Å². The van der Waals surface area contributed by atoms with Gasteiger partial charge in [-0.15, -0.1) is 0 Å². The molecule has 25 heavy (non-hydrogen) atoms. The molecule has 1 rings (SSSR count). The van der Waals surface area contributed by atoms with Gasteiger partial charge in [-0.25, -0.2) is 4.79 Å². The number of ether oxygens (including phenoxy) is 1. The molecule has 140 valence electrons. The van der Waals surface area contributed by atoms with Crippen LogP contribution in [0, 0.1) is 10.1 Å². The highest BCUT2D eigenvalue weighted by Gasteiger charge is 2.28. The summed E-state index contributed by atoms with van der Waals surface area (Å²) in [5, 5.41) is 33.7. The van der Waals surface area contributed by atoms with Crippen LogP contribution in [0.15, 0.2) is 12.1 Å². The van der Waals surface area contributed by atoms with Crippen molar-refractivity contribution in [3.05, 3.63) is 37.9 Å². The highest BCUT2D eigenvalue weighted by molar-refractivity contribution is 6.42. The molecule has 0 bridgehead atoms. The molecule has 8 nitrogen and oxygen atoms in total. The maximum atomic E-state index is 11.5. The van der Waals surface area contributed by atoms with Crippen LogP contribution in [0.2, 0.25) is 10.0 Å². The minimum atomic E-state index is -1.57. The number of nitro benzene ring substituents is 1. The highest BCUT2D eigenvalue weighted by atomic mass is 35.5. The first-order valence-corrected chi connectivity index (χ1v) is 8.14. The molecule has 0 saturated heterocycles. The molecule has 0 aliphatic rings. The Morgan fingerprint density at radius 1 is 1.32 bits per heavy atom. The monoisotopic (exact) mass is 394 g/mol.